The highest BCUT2D eigenvalue weighted by molar-refractivity contribution is 9.10. The lowest BCUT2D eigenvalue weighted by molar-refractivity contribution is 0.101. The first-order valence-corrected chi connectivity index (χ1v) is 10.4. The smallest absolute Gasteiger partial charge is 0.282 e. The topological polar surface area (TPSA) is 90.5 Å². The number of aromatic nitrogens is 6. The SMILES string of the molecule is CC(C)n1cncc1-c1cccc(NC(=O)c2cn(-c3cncc(Br)c3)nc2C(F)F)n1. The number of halogens is 3. The van der Waals surface area contributed by atoms with Crippen molar-refractivity contribution < 1.29 is 13.6 Å². The maximum atomic E-state index is 13.6. The second-order valence-electron chi connectivity index (χ2n) is 7.18. The number of carbonyl (C=O) groups is 1. The Bertz CT molecular complexity index is 1270. The highest BCUT2D eigenvalue weighted by atomic mass is 79.9. The number of rotatable bonds is 6. The Hall–Kier alpha value is -3.47. The van der Waals surface area contributed by atoms with Crippen LogP contribution in [0.15, 0.2) is 59.9 Å². The van der Waals surface area contributed by atoms with Gasteiger partial charge in [0.05, 0.1) is 41.4 Å². The number of pyridine rings is 2. The van der Waals surface area contributed by atoms with Crippen LogP contribution in [0.2, 0.25) is 0 Å². The van der Waals surface area contributed by atoms with Crippen LogP contribution in [0.25, 0.3) is 17.1 Å². The van der Waals surface area contributed by atoms with Crippen molar-refractivity contribution in [2.45, 2.75) is 26.3 Å². The van der Waals surface area contributed by atoms with Crippen molar-refractivity contribution in [3.8, 4) is 17.1 Å². The molecule has 164 valence electrons. The van der Waals surface area contributed by atoms with Crippen molar-refractivity contribution in [2.24, 2.45) is 0 Å². The zero-order chi connectivity index (χ0) is 22.8. The van der Waals surface area contributed by atoms with E-state index >= 15 is 0 Å². The second-order valence-corrected chi connectivity index (χ2v) is 8.09. The molecule has 0 aliphatic heterocycles. The van der Waals surface area contributed by atoms with Gasteiger partial charge in [0, 0.05) is 22.9 Å². The molecule has 0 saturated carbocycles. The van der Waals surface area contributed by atoms with Crippen molar-refractivity contribution in [3.63, 3.8) is 0 Å². The molecule has 0 saturated heterocycles. The Labute approximate surface area is 190 Å². The highest BCUT2D eigenvalue weighted by Crippen LogP contribution is 2.25. The van der Waals surface area contributed by atoms with Gasteiger partial charge in [-0.25, -0.2) is 23.4 Å². The highest BCUT2D eigenvalue weighted by Gasteiger charge is 2.24. The van der Waals surface area contributed by atoms with Gasteiger partial charge in [-0.15, -0.1) is 0 Å². The van der Waals surface area contributed by atoms with Crippen LogP contribution in [0.4, 0.5) is 14.6 Å². The van der Waals surface area contributed by atoms with Crippen molar-refractivity contribution in [3.05, 3.63) is 71.1 Å². The fourth-order valence-corrected chi connectivity index (χ4v) is 3.48. The third kappa shape index (κ3) is 4.42. The third-order valence-electron chi connectivity index (χ3n) is 4.62. The predicted octanol–water partition coefficient (Wildman–Crippen LogP) is 5.06. The van der Waals surface area contributed by atoms with Gasteiger partial charge in [0.25, 0.3) is 12.3 Å². The summed E-state index contributed by atoms with van der Waals surface area (Å²) >= 11 is 3.28. The van der Waals surface area contributed by atoms with Crippen LogP contribution in [-0.4, -0.2) is 35.2 Å². The van der Waals surface area contributed by atoms with Gasteiger partial charge >= 0.3 is 0 Å². The molecule has 0 bridgehead atoms. The summed E-state index contributed by atoms with van der Waals surface area (Å²) in [4.78, 5) is 25.5. The van der Waals surface area contributed by atoms with Gasteiger partial charge in [-0.3, -0.25) is 9.78 Å². The van der Waals surface area contributed by atoms with Gasteiger partial charge in [-0.05, 0) is 48.0 Å². The molecule has 4 aromatic heterocycles. The van der Waals surface area contributed by atoms with E-state index in [9.17, 15) is 13.6 Å². The number of hydrogen-bond donors (Lipinski definition) is 1. The molecule has 0 radical (unpaired) electrons. The maximum Gasteiger partial charge on any atom is 0.282 e. The molecule has 0 fully saturated rings. The molecular formula is C21H18BrF2N7O. The Morgan fingerprint density at radius 2 is 1.97 bits per heavy atom. The molecule has 11 heteroatoms. The molecule has 1 amide bonds. The largest absolute Gasteiger partial charge is 0.327 e. The van der Waals surface area contributed by atoms with Crippen LogP contribution in [0.3, 0.4) is 0 Å². The molecule has 8 nitrogen and oxygen atoms in total. The molecule has 0 unspecified atom stereocenters. The van der Waals surface area contributed by atoms with Crippen LogP contribution in [0.5, 0.6) is 0 Å². The van der Waals surface area contributed by atoms with Gasteiger partial charge in [0.15, 0.2) is 0 Å². The molecule has 4 rings (SSSR count). The van der Waals surface area contributed by atoms with Gasteiger partial charge < -0.3 is 9.88 Å². The zero-order valence-corrected chi connectivity index (χ0v) is 18.7. The number of nitrogens with one attached hydrogen (secondary N) is 1. The summed E-state index contributed by atoms with van der Waals surface area (Å²) in [5, 5.41) is 6.48. The second kappa shape index (κ2) is 8.95. The van der Waals surface area contributed by atoms with Crippen molar-refractivity contribution in [2.75, 3.05) is 5.32 Å². The lowest BCUT2D eigenvalue weighted by Gasteiger charge is -2.12. The Morgan fingerprint density at radius 1 is 1.16 bits per heavy atom. The number of amides is 1. The van der Waals surface area contributed by atoms with E-state index in [4.69, 9.17) is 0 Å². The molecule has 4 heterocycles. The van der Waals surface area contributed by atoms with Crippen molar-refractivity contribution in [1.82, 2.24) is 29.3 Å². The summed E-state index contributed by atoms with van der Waals surface area (Å²) in [6.07, 6.45) is 4.71. The van der Waals surface area contributed by atoms with Crippen LogP contribution in [0.1, 0.15) is 42.4 Å². The van der Waals surface area contributed by atoms with E-state index in [1.54, 1.807) is 43.0 Å². The molecule has 1 N–H and O–H groups in total. The first-order valence-electron chi connectivity index (χ1n) is 9.62. The normalized spacial score (nSPS) is 11.3. The van der Waals surface area contributed by atoms with Crippen LogP contribution >= 0.6 is 15.9 Å². The predicted molar refractivity (Wildman–Crippen MR) is 118 cm³/mol. The van der Waals surface area contributed by atoms with E-state index in [1.807, 2.05) is 18.4 Å². The van der Waals surface area contributed by atoms with E-state index in [1.165, 1.54) is 17.1 Å². The van der Waals surface area contributed by atoms with E-state index in [0.717, 1.165) is 5.69 Å². The van der Waals surface area contributed by atoms with Gasteiger partial charge in [-0.1, -0.05) is 6.07 Å². The molecule has 4 aromatic rings. The molecule has 0 atom stereocenters. The summed E-state index contributed by atoms with van der Waals surface area (Å²) < 4.78 is 31.0. The number of anilines is 1. The number of imidazole rings is 1. The molecule has 0 aliphatic carbocycles. The number of carbonyl (C=O) groups excluding carboxylic acids is 1. The minimum atomic E-state index is -2.93. The summed E-state index contributed by atoms with van der Waals surface area (Å²) in [5.74, 6) is -0.516. The fourth-order valence-electron chi connectivity index (χ4n) is 3.13. The van der Waals surface area contributed by atoms with Crippen LogP contribution in [-0.2, 0) is 0 Å². The fraction of sp³-hybridized carbons (Fsp3) is 0.190. The van der Waals surface area contributed by atoms with E-state index < -0.39 is 18.0 Å². The van der Waals surface area contributed by atoms with Crippen LogP contribution in [0, 0.1) is 0 Å². The Balaban J connectivity index is 1.64. The quantitative estimate of drug-likeness (QED) is 0.398. The Kier molecular flexibility index (Phi) is 6.08. The van der Waals surface area contributed by atoms with Gasteiger partial charge in [0.2, 0.25) is 0 Å². The standard InChI is InChI=1S/C21H18BrF2N7O/c1-12(2)30-11-26-9-17(30)16-4-3-5-18(27-16)28-21(32)15-10-31(29-19(15)20(23)24)14-6-13(22)7-25-8-14/h3-12,20H,1-2H3,(H,27,28,32). The van der Waals surface area contributed by atoms with Crippen LogP contribution < -0.4 is 5.32 Å². The Morgan fingerprint density at radius 3 is 2.69 bits per heavy atom. The lowest BCUT2D eigenvalue weighted by Crippen LogP contribution is -2.14. The van der Waals surface area contributed by atoms with E-state index in [2.05, 4.69) is 41.3 Å². The number of nitrogens with zero attached hydrogens (tertiary/aromatic N) is 6. The van der Waals surface area contributed by atoms with Gasteiger partial charge in [0.1, 0.15) is 11.5 Å². The summed E-state index contributed by atoms with van der Waals surface area (Å²) in [6.45, 7) is 4.03. The number of hydrogen-bond acceptors (Lipinski definition) is 5. The third-order valence-corrected chi connectivity index (χ3v) is 5.06. The van der Waals surface area contributed by atoms with E-state index in [-0.39, 0.29) is 17.4 Å². The van der Waals surface area contributed by atoms with Crippen molar-refractivity contribution in [1.29, 1.82) is 0 Å². The molecule has 0 aromatic carbocycles. The minimum absolute atomic E-state index is 0.166. The summed E-state index contributed by atoms with van der Waals surface area (Å²) in [5.41, 5.74) is 0.927. The van der Waals surface area contributed by atoms with Crippen molar-refractivity contribution >= 4 is 27.7 Å². The maximum absolute atomic E-state index is 13.6. The summed E-state index contributed by atoms with van der Waals surface area (Å²) in [7, 11) is 0. The first-order chi connectivity index (χ1) is 15.3. The molecule has 0 aliphatic rings. The van der Waals surface area contributed by atoms with Gasteiger partial charge in [-0.2, -0.15) is 5.10 Å². The first kappa shape index (κ1) is 21.8. The lowest BCUT2D eigenvalue weighted by atomic mass is 10.2. The molecule has 32 heavy (non-hydrogen) atoms. The summed E-state index contributed by atoms with van der Waals surface area (Å²) in [6, 6.07) is 6.91. The monoisotopic (exact) mass is 501 g/mol. The molecule has 0 spiro atoms. The zero-order valence-electron chi connectivity index (χ0n) is 17.1. The van der Waals surface area contributed by atoms with E-state index in [0.29, 0.717) is 15.9 Å². The number of alkyl halides is 2. The average molecular weight is 502 g/mol. The molecular weight excluding hydrogens is 484 g/mol. The minimum Gasteiger partial charge on any atom is -0.327 e. The average Bonchev–Trinajstić information content (AvgIpc) is 3.42.